The van der Waals surface area contributed by atoms with Crippen LogP contribution in [0.3, 0.4) is 0 Å². The van der Waals surface area contributed by atoms with Gasteiger partial charge in [-0.3, -0.25) is 0 Å². The molecule has 2 nitrogen and oxygen atoms in total. The Balaban J connectivity index is 0.000000147. The van der Waals surface area contributed by atoms with Gasteiger partial charge in [-0.1, -0.05) is 29.8 Å². The second-order valence-electron chi connectivity index (χ2n) is 5.00. The van der Waals surface area contributed by atoms with Crippen molar-refractivity contribution in [1.29, 1.82) is 0 Å². The Bertz CT molecular complexity index is 811. The number of H-pyrrole nitrogens is 1. The number of para-hydroxylation sites is 1. The molecule has 1 N–H and O–H groups in total. The Morgan fingerprint density at radius 2 is 1.75 bits per heavy atom. The molecule has 0 amide bonds. The zero-order chi connectivity index (χ0) is 13.9. The van der Waals surface area contributed by atoms with E-state index < -0.39 is 0 Å². The third-order valence-electron chi connectivity index (χ3n) is 3.27. The number of aromatic amines is 1. The number of fused-ring (bicyclic) bond motifs is 2. The van der Waals surface area contributed by atoms with Crippen LogP contribution in [0.2, 0.25) is 0 Å². The summed E-state index contributed by atoms with van der Waals surface area (Å²) in [7, 11) is 0. The maximum atomic E-state index is 5.17. The first-order valence-electron chi connectivity index (χ1n) is 6.70. The van der Waals surface area contributed by atoms with Crippen molar-refractivity contribution >= 4 is 21.9 Å². The molecule has 102 valence electrons. The summed E-state index contributed by atoms with van der Waals surface area (Å²) >= 11 is 0. The van der Waals surface area contributed by atoms with Crippen LogP contribution in [0.1, 0.15) is 12.7 Å². The Kier molecular flexibility index (Phi) is 3.30. The number of rotatable bonds is 0. The second-order valence-corrected chi connectivity index (χ2v) is 5.00. The van der Waals surface area contributed by atoms with Gasteiger partial charge in [0.15, 0.2) is 0 Å². The van der Waals surface area contributed by atoms with Crippen LogP contribution in [0.4, 0.5) is 0 Å². The van der Waals surface area contributed by atoms with Crippen molar-refractivity contribution in [2.75, 3.05) is 0 Å². The van der Waals surface area contributed by atoms with E-state index in [9.17, 15) is 0 Å². The van der Waals surface area contributed by atoms with E-state index in [1.807, 2.05) is 24.3 Å². The van der Waals surface area contributed by atoms with Crippen LogP contribution in [-0.2, 0) is 0 Å². The molecule has 0 aliphatic rings. The van der Waals surface area contributed by atoms with E-state index in [1.165, 1.54) is 27.5 Å². The third-order valence-corrected chi connectivity index (χ3v) is 3.27. The minimum Gasteiger partial charge on any atom is -0.464 e. The average Bonchev–Trinajstić information content (AvgIpc) is 3.03. The normalized spacial score (nSPS) is 10.5. The first-order chi connectivity index (χ1) is 9.72. The summed E-state index contributed by atoms with van der Waals surface area (Å²) < 4.78 is 5.17. The molecule has 0 spiro atoms. The Morgan fingerprint density at radius 1 is 0.900 bits per heavy atom. The summed E-state index contributed by atoms with van der Waals surface area (Å²) in [6.45, 7) is 4.15. The first-order valence-corrected chi connectivity index (χ1v) is 6.70. The molecule has 4 rings (SSSR count). The van der Waals surface area contributed by atoms with Crippen LogP contribution < -0.4 is 0 Å². The van der Waals surface area contributed by atoms with Gasteiger partial charge >= 0.3 is 0 Å². The van der Waals surface area contributed by atoms with Gasteiger partial charge in [-0.15, -0.1) is 0 Å². The lowest BCUT2D eigenvalue weighted by Crippen LogP contribution is -1.67. The van der Waals surface area contributed by atoms with Crippen molar-refractivity contribution in [2.24, 2.45) is 0 Å². The molecular weight excluding hydrogens is 246 g/mol. The highest BCUT2D eigenvalue weighted by Gasteiger charge is 1.93. The zero-order valence-corrected chi connectivity index (χ0v) is 11.7. The van der Waals surface area contributed by atoms with Gasteiger partial charge in [0.05, 0.1) is 6.26 Å². The standard InChI is InChI=1S/C9H9N.C9H8O.H2/c1-7-6-8-4-2-3-5-9(8)10-7;1-7-2-3-9-8(6-7)4-5-10-9;/h2-6,10H,1H3;2-6H,1H3;1H. The lowest BCUT2D eigenvalue weighted by Gasteiger charge is -1.89. The van der Waals surface area contributed by atoms with Crippen LogP contribution in [0.15, 0.2) is 65.3 Å². The first kappa shape index (κ1) is 12.5. The maximum absolute atomic E-state index is 5.17. The summed E-state index contributed by atoms with van der Waals surface area (Å²) in [4.78, 5) is 3.26. The fourth-order valence-corrected chi connectivity index (χ4v) is 2.30. The fourth-order valence-electron chi connectivity index (χ4n) is 2.30. The van der Waals surface area contributed by atoms with Gasteiger partial charge < -0.3 is 9.40 Å². The van der Waals surface area contributed by atoms with Crippen LogP contribution in [0.25, 0.3) is 21.9 Å². The SMILES string of the molecule is Cc1cc2ccccc2[nH]1.Cc1ccc2occc2c1.[HH]. The minimum atomic E-state index is 0. The van der Waals surface area contributed by atoms with Crippen molar-refractivity contribution in [3.63, 3.8) is 0 Å². The monoisotopic (exact) mass is 265 g/mol. The molecule has 4 aromatic rings. The summed E-state index contributed by atoms with van der Waals surface area (Å²) in [5.41, 5.74) is 4.68. The molecule has 0 radical (unpaired) electrons. The van der Waals surface area contributed by atoms with Crippen molar-refractivity contribution in [3.8, 4) is 0 Å². The molecule has 2 aromatic heterocycles. The molecule has 0 bridgehead atoms. The Labute approximate surface area is 119 Å². The fraction of sp³-hybridized carbons (Fsp3) is 0.111. The summed E-state index contributed by atoms with van der Waals surface area (Å²) in [6.07, 6.45) is 1.71. The van der Waals surface area contributed by atoms with Gasteiger partial charge in [-0.2, -0.15) is 0 Å². The predicted octanol–water partition coefficient (Wildman–Crippen LogP) is 5.46. The quantitative estimate of drug-likeness (QED) is 0.449. The van der Waals surface area contributed by atoms with E-state index in [2.05, 4.69) is 49.2 Å². The molecule has 20 heavy (non-hydrogen) atoms. The number of nitrogens with one attached hydrogen (secondary N) is 1. The van der Waals surface area contributed by atoms with E-state index in [0.717, 1.165) is 5.58 Å². The number of hydrogen-bond acceptors (Lipinski definition) is 1. The van der Waals surface area contributed by atoms with Gasteiger partial charge in [-0.25, -0.2) is 0 Å². The number of aryl methyl sites for hydroxylation is 2. The zero-order valence-electron chi connectivity index (χ0n) is 11.7. The highest BCUT2D eigenvalue weighted by molar-refractivity contribution is 5.80. The molecular formula is C18H19NO. The van der Waals surface area contributed by atoms with Gasteiger partial charge in [0.25, 0.3) is 0 Å². The van der Waals surface area contributed by atoms with Crippen LogP contribution in [0, 0.1) is 13.8 Å². The molecule has 2 aromatic carbocycles. The Hall–Kier alpha value is -2.48. The molecule has 2 heteroatoms. The summed E-state index contributed by atoms with van der Waals surface area (Å²) in [6, 6.07) is 18.6. The van der Waals surface area contributed by atoms with Crippen LogP contribution in [-0.4, -0.2) is 4.98 Å². The molecule has 0 atom stereocenters. The maximum Gasteiger partial charge on any atom is 0.133 e. The molecule has 2 heterocycles. The molecule has 0 saturated carbocycles. The molecule has 0 aliphatic carbocycles. The summed E-state index contributed by atoms with van der Waals surface area (Å²) in [5, 5.41) is 2.47. The van der Waals surface area contributed by atoms with Gasteiger partial charge in [0.1, 0.15) is 5.58 Å². The predicted molar refractivity (Wildman–Crippen MR) is 86.1 cm³/mol. The molecule has 0 fully saturated rings. The van der Waals surface area contributed by atoms with E-state index in [4.69, 9.17) is 4.42 Å². The van der Waals surface area contributed by atoms with Crippen molar-refractivity contribution < 1.29 is 5.84 Å². The van der Waals surface area contributed by atoms with Crippen molar-refractivity contribution in [1.82, 2.24) is 4.98 Å². The van der Waals surface area contributed by atoms with Gasteiger partial charge in [-0.05, 0) is 49.6 Å². The smallest absolute Gasteiger partial charge is 0.133 e. The van der Waals surface area contributed by atoms with Gasteiger partial charge in [0, 0.05) is 18.0 Å². The molecule has 0 saturated heterocycles. The highest BCUT2D eigenvalue weighted by atomic mass is 16.3. The van der Waals surface area contributed by atoms with Crippen molar-refractivity contribution in [3.05, 3.63) is 72.1 Å². The Morgan fingerprint density at radius 3 is 2.60 bits per heavy atom. The van der Waals surface area contributed by atoms with E-state index in [-0.39, 0.29) is 1.43 Å². The lowest BCUT2D eigenvalue weighted by atomic mass is 10.2. The van der Waals surface area contributed by atoms with E-state index in [0.29, 0.717) is 0 Å². The minimum absolute atomic E-state index is 0. The lowest BCUT2D eigenvalue weighted by molar-refractivity contribution is 0.616. The van der Waals surface area contributed by atoms with Crippen LogP contribution in [0.5, 0.6) is 0 Å². The van der Waals surface area contributed by atoms with E-state index in [1.54, 1.807) is 6.26 Å². The second kappa shape index (κ2) is 5.25. The van der Waals surface area contributed by atoms with Gasteiger partial charge in [0.2, 0.25) is 0 Å². The number of furan rings is 1. The largest absolute Gasteiger partial charge is 0.464 e. The number of benzene rings is 2. The average molecular weight is 265 g/mol. The number of hydrogen-bond donors (Lipinski definition) is 1. The van der Waals surface area contributed by atoms with Crippen molar-refractivity contribution in [2.45, 2.75) is 13.8 Å². The van der Waals surface area contributed by atoms with Crippen LogP contribution >= 0.6 is 0 Å². The highest BCUT2D eigenvalue weighted by Crippen LogP contribution is 2.15. The third kappa shape index (κ3) is 2.59. The number of aromatic nitrogens is 1. The summed E-state index contributed by atoms with van der Waals surface area (Å²) in [5.74, 6) is 0. The molecule has 0 unspecified atom stereocenters. The van der Waals surface area contributed by atoms with E-state index >= 15 is 0 Å². The topological polar surface area (TPSA) is 28.9 Å². The molecule has 0 aliphatic heterocycles.